The number of ether oxygens (including phenoxy) is 2. The van der Waals surface area contributed by atoms with Gasteiger partial charge in [0.2, 0.25) is 0 Å². The summed E-state index contributed by atoms with van der Waals surface area (Å²) in [6, 6.07) is 7.71. The number of nitrogens with zero attached hydrogens (tertiary/aromatic N) is 3. The van der Waals surface area contributed by atoms with Crippen molar-refractivity contribution in [3.05, 3.63) is 24.3 Å². The SMILES string of the molecule is CN=C(NCCCN1C(=O)COc2ccccc21)N1CCC2(CCOC2)C1. The minimum absolute atomic E-state index is 0.0146. The molecular weight excluding hydrogens is 344 g/mol. The molecule has 1 atom stereocenters. The summed E-state index contributed by atoms with van der Waals surface area (Å²) in [5.41, 5.74) is 1.18. The van der Waals surface area contributed by atoms with Crippen LogP contribution in [0.3, 0.4) is 0 Å². The molecule has 3 aliphatic rings. The minimum Gasteiger partial charge on any atom is -0.482 e. The molecule has 27 heavy (non-hydrogen) atoms. The number of rotatable bonds is 4. The van der Waals surface area contributed by atoms with E-state index in [4.69, 9.17) is 9.47 Å². The first kappa shape index (κ1) is 18.1. The molecule has 1 aromatic carbocycles. The lowest BCUT2D eigenvalue weighted by Gasteiger charge is -2.29. The van der Waals surface area contributed by atoms with E-state index < -0.39 is 0 Å². The summed E-state index contributed by atoms with van der Waals surface area (Å²) in [5.74, 6) is 1.75. The molecule has 1 aromatic rings. The number of carbonyl (C=O) groups excluding carboxylic acids is 1. The lowest BCUT2D eigenvalue weighted by atomic mass is 9.87. The third-order valence-corrected chi connectivity index (χ3v) is 5.78. The molecule has 1 N–H and O–H groups in total. The molecule has 146 valence electrons. The number of likely N-dealkylation sites (tertiary alicyclic amines) is 1. The van der Waals surface area contributed by atoms with Gasteiger partial charge in [-0.15, -0.1) is 0 Å². The quantitative estimate of drug-likeness (QED) is 0.493. The molecule has 7 heteroatoms. The number of fused-ring (bicyclic) bond motifs is 1. The van der Waals surface area contributed by atoms with Crippen LogP contribution in [0.25, 0.3) is 0 Å². The predicted octanol–water partition coefficient (Wildman–Crippen LogP) is 1.49. The van der Waals surface area contributed by atoms with Crippen LogP contribution in [0.15, 0.2) is 29.3 Å². The zero-order valence-corrected chi connectivity index (χ0v) is 15.9. The number of hydrogen-bond acceptors (Lipinski definition) is 4. The number of para-hydroxylation sites is 2. The van der Waals surface area contributed by atoms with Crippen molar-refractivity contribution >= 4 is 17.6 Å². The summed E-state index contributed by atoms with van der Waals surface area (Å²) in [5, 5.41) is 3.46. The number of benzene rings is 1. The van der Waals surface area contributed by atoms with E-state index in [1.54, 1.807) is 0 Å². The molecule has 0 aliphatic carbocycles. The van der Waals surface area contributed by atoms with Gasteiger partial charge in [-0.1, -0.05) is 12.1 Å². The fourth-order valence-corrected chi connectivity index (χ4v) is 4.26. The predicted molar refractivity (Wildman–Crippen MR) is 104 cm³/mol. The second-order valence-electron chi connectivity index (χ2n) is 7.60. The van der Waals surface area contributed by atoms with Crippen molar-refractivity contribution in [1.29, 1.82) is 0 Å². The van der Waals surface area contributed by atoms with Crippen LogP contribution in [-0.2, 0) is 9.53 Å². The minimum atomic E-state index is 0.0146. The Kier molecular flexibility index (Phi) is 5.20. The van der Waals surface area contributed by atoms with Crippen LogP contribution in [0, 0.1) is 5.41 Å². The number of hydrogen-bond donors (Lipinski definition) is 1. The van der Waals surface area contributed by atoms with Crippen LogP contribution in [-0.4, -0.2) is 69.8 Å². The lowest BCUT2D eigenvalue weighted by Crippen LogP contribution is -2.43. The van der Waals surface area contributed by atoms with E-state index >= 15 is 0 Å². The monoisotopic (exact) mass is 372 g/mol. The largest absolute Gasteiger partial charge is 0.482 e. The van der Waals surface area contributed by atoms with Gasteiger partial charge in [-0.3, -0.25) is 9.79 Å². The van der Waals surface area contributed by atoms with E-state index in [0.29, 0.717) is 12.0 Å². The Morgan fingerprint density at radius 1 is 1.33 bits per heavy atom. The van der Waals surface area contributed by atoms with Crippen LogP contribution in [0.4, 0.5) is 5.69 Å². The topological polar surface area (TPSA) is 66.4 Å². The molecule has 1 unspecified atom stereocenters. The van der Waals surface area contributed by atoms with Crippen molar-refractivity contribution in [3.8, 4) is 5.75 Å². The Labute approximate surface area is 160 Å². The van der Waals surface area contributed by atoms with Crippen molar-refractivity contribution in [3.63, 3.8) is 0 Å². The van der Waals surface area contributed by atoms with Crippen molar-refractivity contribution in [2.75, 3.05) is 57.9 Å². The maximum Gasteiger partial charge on any atom is 0.265 e. The van der Waals surface area contributed by atoms with E-state index in [9.17, 15) is 4.79 Å². The molecule has 2 fully saturated rings. The van der Waals surface area contributed by atoms with Crippen LogP contribution in [0.1, 0.15) is 19.3 Å². The first-order chi connectivity index (χ1) is 13.2. The zero-order valence-electron chi connectivity index (χ0n) is 15.9. The maximum atomic E-state index is 12.2. The third kappa shape index (κ3) is 3.74. The van der Waals surface area contributed by atoms with Gasteiger partial charge in [-0.2, -0.15) is 0 Å². The first-order valence-corrected chi connectivity index (χ1v) is 9.76. The van der Waals surface area contributed by atoms with Gasteiger partial charge in [0.25, 0.3) is 5.91 Å². The van der Waals surface area contributed by atoms with Crippen molar-refractivity contribution in [1.82, 2.24) is 10.2 Å². The third-order valence-electron chi connectivity index (χ3n) is 5.78. The smallest absolute Gasteiger partial charge is 0.265 e. The van der Waals surface area contributed by atoms with Gasteiger partial charge in [0.15, 0.2) is 12.6 Å². The van der Waals surface area contributed by atoms with E-state index in [2.05, 4.69) is 15.2 Å². The van der Waals surface area contributed by atoms with Gasteiger partial charge in [-0.05, 0) is 31.4 Å². The van der Waals surface area contributed by atoms with Crippen molar-refractivity contribution < 1.29 is 14.3 Å². The highest BCUT2D eigenvalue weighted by Gasteiger charge is 2.42. The standard InChI is InChI=1S/C20H28N4O3/c1-21-19(23-11-7-20(14-23)8-12-26-15-20)22-9-4-10-24-16-5-2-3-6-17(16)27-13-18(24)25/h2-3,5-6H,4,7-15H2,1H3,(H,21,22). The summed E-state index contributed by atoms with van der Waals surface area (Å²) in [7, 11) is 1.83. The lowest BCUT2D eigenvalue weighted by molar-refractivity contribution is -0.121. The average molecular weight is 372 g/mol. The van der Waals surface area contributed by atoms with Gasteiger partial charge in [0, 0.05) is 45.2 Å². The fraction of sp³-hybridized carbons (Fsp3) is 0.600. The summed E-state index contributed by atoms with van der Waals surface area (Å²) in [4.78, 5) is 20.8. The molecule has 0 saturated carbocycles. The molecule has 1 amide bonds. The molecule has 4 rings (SSSR count). The number of guanidine groups is 1. The average Bonchev–Trinajstić information content (AvgIpc) is 3.33. The highest BCUT2D eigenvalue weighted by Crippen LogP contribution is 2.38. The fourth-order valence-electron chi connectivity index (χ4n) is 4.26. The van der Waals surface area contributed by atoms with Crippen LogP contribution < -0.4 is 15.0 Å². The van der Waals surface area contributed by atoms with E-state index in [1.807, 2.05) is 36.2 Å². The van der Waals surface area contributed by atoms with Gasteiger partial charge >= 0.3 is 0 Å². The number of anilines is 1. The molecule has 0 radical (unpaired) electrons. The number of carbonyl (C=O) groups is 1. The van der Waals surface area contributed by atoms with Gasteiger partial charge in [0.05, 0.1) is 12.3 Å². The molecule has 0 bridgehead atoms. The summed E-state index contributed by atoms with van der Waals surface area (Å²) in [6.45, 7) is 5.36. The van der Waals surface area contributed by atoms with Crippen LogP contribution >= 0.6 is 0 Å². The Bertz CT molecular complexity index is 715. The Hall–Kier alpha value is -2.28. The van der Waals surface area contributed by atoms with Crippen LogP contribution in [0.5, 0.6) is 5.75 Å². The summed E-state index contributed by atoms with van der Waals surface area (Å²) < 4.78 is 11.1. The summed E-state index contributed by atoms with van der Waals surface area (Å²) in [6.07, 6.45) is 3.17. The summed E-state index contributed by atoms with van der Waals surface area (Å²) >= 11 is 0. The Morgan fingerprint density at radius 2 is 2.22 bits per heavy atom. The van der Waals surface area contributed by atoms with Gasteiger partial charge in [0.1, 0.15) is 5.75 Å². The van der Waals surface area contributed by atoms with Crippen LogP contribution in [0.2, 0.25) is 0 Å². The molecular formula is C20H28N4O3. The maximum absolute atomic E-state index is 12.2. The highest BCUT2D eigenvalue weighted by molar-refractivity contribution is 5.97. The van der Waals surface area contributed by atoms with Crippen molar-refractivity contribution in [2.45, 2.75) is 19.3 Å². The Balaban J connectivity index is 1.28. The molecule has 0 aromatic heterocycles. The highest BCUT2D eigenvalue weighted by atomic mass is 16.5. The van der Waals surface area contributed by atoms with Gasteiger partial charge in [-0.25, -0.2) is 0 Å². The van der Waals surface area contributed by atoms with E-state index in [1.165, 1.54) is 6.42 Å². The number of amides is 1. The molecule has 2 saturated heterocycles. The molecule has 7 nitrogen and oxygen atoms in total. The second kappa shape index (κ2) is 7.76. The molecule has 3 aliphatic heterocycles. The van der Waals surface area contributed by atoms with E-state index in [-0.39, 0.29) is 12.5 Å². The second-order valence-corrected chi connectivity index (χ2v) is 7.60. The van der Waals surface area contributed by atoms with Gasteiger partial charge < -0.3 is 24.6 Å². The zero-order chi connectivity index (χ0) is 18.7. The number of nitrogens with one attached hydrogen (secondary N) is 1. The van der Waals surface area contributed by atoms with Crippen molar-refractivity contribution in [2.24, 2.45) is 10.4 Å². The first-order valence-electron chi connectivity index (χ1n) is 9.76. The molecule has 3 heterocycles. The van der Waals surface area contributed by atoms with E-state index in [0.717, 1.165) is 63.1 Å². The molecule has 1 spiro atoms. The number of aliphatic imine (C=N–C) groups is 1. The Morgan fingerprint density at radius 3 is 3.04 bits per heavy atom. The normalized spacial score (nSPS) is 25.1.